The van der Waals surface area contributed by atoms with Crippen molar-refractivity contribution in [2.45, 2.75) is 69.1 Å². The third-order valence-corrected chi connectivity index (χ3v) is 4.40. The lowest BCUT2D eigenvalue weighted by molar-refractivity contribution is -0.284. The van der Waals surface area contributed by atoms with Crippen molar-refractivity contribution in [2.75, 3.05) is 13.2 Å². The Kier molecular flexibility index (Phi) is 7.47. The van der Waals surface area contributed by atoms with Gasteiger partial charge in [0.1, 0.15) is 42.7 Å². The van der Waals surface area contributed by atoms with Gasteiger partial charge in [0.15, 0.2) is 12.6 Å². The van der Waals surface area contributed by atoms with E-state index in [1.165, 1.54) is 13.8 Å². The van der Waals surface area contributed by atoms with Crippen molar-refractivity contribution in [1.29, 1.82) is 0 Å². The zero-order valence-electron chi connectivity index (χ0n) is 14.9. The Labute approximate surface area is 155 Å². The van der Waals surface area contributed by atoms with Crippen molar-refractivity contribution in [2.24, 2.45) is 0 Å². The third-order valence-electron chi connectivity index (χ3n) is 4.40. The van der Waals surface area contributed by atoms with E-state index in [-0.39, 0.29) is 12.5 Å². The van der Waals surface area contributed by atoms with Crippen LogP contribution >= 0.6 is 0 Å². The molecule has 0 bridgehead atoms. The molecule has 2 aliphatic heterocycles. The van der Waals surface area contributed by atoms with Crippen LogP contribution in [0.3, 0.4) is 0 Å². The van der Waals surface area contributed by atoms with E-state index in [1.54, 1.807) is 0 Å². The minimum atomic E-state index is -1.60. The molecule has 0 aromatic carbocycles. The maximum atomic E-state index is 11.5. The lowest BCUT2D eigenvalue weighted by atomic mass is 9.96. The highest BCUT2D eigenvalue weighted by Gasteiger charge is 2.50. The topological polar surface area (TPSA) is 187 Å². The Balaban J connectivity index is 2.18. The van der Waals surface area contributed by atoms with E-state index < -0.39 is 67.8 Å². The van der Waals surface area contributed by atoms with Crippen molar-refractivity contribution in [1.82, 2.24) is 10.6 Å². The molecule has 0 saturated carbocycles. The van der Waals surface area contributed by atoms with Crippen LogP contribution in [0.1, 0.15) is 13.8 Å². The summed E-state index contributed by atoms with van der Waals surface area (Å²) in [7, 11) is 0. The fourth-order valence-electron chi connectivity index (χ4n) is 3.04. The van der Waals surface area contributed by atoms with Gasteiger partial charge in [-0.3, -0.25) is 9.59 Å². The zero-order chi connectivity index (χ0) is 20.3. The molecule has 7 N–H and O–H groups in total. The number of hydrogen-bond donors (Lipinski definition) is 7. The Bertz CT molecular complexity index is 533. The van der Waals surface area contributed by atoms with E-state index in [0.717, 1.165) is 0 Å². The first-order valence-corrected chi connectivity index (χ1v) is 8.46. The van der Waals surface area contributed by atoms with Gasteiger partial charge in [0.05, 0.1) is 6.61 Å². The Morgan fingerprint density at radius 1 is 0.963 bits per heavy atom. The summed E-state index contributed by atoms with van der Waals surface area (Å²) in [6.45, 7) is 1.74. The molecule has 2 aliphatic rings. The van der Waals surface area contributed by atoms with Crippen LogP contribution in [0.5, 0.6) is 0 Å². The highest BCUT2D eigenvalue weighted by molar-refractivity contribution is 5.73. The maximum absolute atomic E-state index is 11.5. The summed E-state index contributed by atoms with van der Waals surface area (Å²) in [5.74, 6) is -0.921. The van der Waals surface area contributed by atoms with Crippen LogP contribution in [0.2, 0.25) is 0 Å². The van der Waals surface area contributed by atoms with Gasteiger partial charge in [0.25, 0.3) is 0 Å². The Morgan fingerprint density at radius 3 is 2.19 bits per heavy atom. The van der Waals surface area contributed by atoms with Gasteiger partial charge in [-0.2, -0.15) is 0 Å². The predicted molar refractivity (Wildman–Crippen MR) is 85.8 cm³/mol. The molecule has 2 heterocycles. The lowest BCUT2D eigenvalue weighted by Crippen LogP contribution is -2.66. The number of carbonyl (C=O) groups excluding carboxylic acids is 2. The summed E-state index contributed by atoms with van der Waals surface area (Å²) in [6, 6.07) is -1.21. The summed E-state index contributed by atoms with van der Waals surface area (Å²) in [5, 5.41) is 54.3. The molecular weight excluding hydrogens is 368 g/mol. The quantitative estimate of drug-likeness (QED) is 0.231. The predicted octanol–water partition coefficient (Wildman–Crippen LogP) is -4.47. The number of aliphatic hydroxyl groups excluding tert-OH is 5. The third kappa shape index (κ3) is 5.12. The van der Waals surface area contributed by atoms with Gasteiger partial charge >= 0.3 is 0 Å². The number of amides is 2. The van der Waals surface area contributed by atoms with E-state index in [9.17, 15) is 35.1 Å². The molecule has 0 unspecified atom stereocenters. The van der Waals surface area contributed by atoms with E-state index in [2.05, 4.69) is 10.6 Å². The van der Waals surface area contributed by atoms with Gasteiger partial charge in [-0.05, 0) is 0 Å². The standard InChI is InChI=1S/C15H26N2O10/c1-5(19)16-3-7-10(21)11(22)9(17-6(2)20)15(26-7)27-13-8(4-18)25-14(24)12(13)23/h7-15,18,21-24H,3-4H2,1-2H3,(H,16,19)(H,17,20)/t7-,8+,9+,10+,11+,12+,13+,14+,15+/m0/s1. The molecule has 9 atom stereocenters. The van der Waals surface area contributed by atoms with Crippen LogP contribution < -0.4 is 10.6 Å². The van der Waals surface area contributed by atoms with Crippen LogP contribution in [0.4, 0.5) is 0 Å². The largest absolute Gasteiger partial charge is 0.394 e. The smallest absolute Gasteiger partial charge is 0.217 e. The first-order chi connectivity index (χ1) is 12.6. The van der Waals surface area contributed by atoms with Crippen LogP contribution in [0.25, 0.3) is 0 Å². The fraction of sp³-hybridized carbons (Fsp3) is 0.867. The maximum Gasteiger partial charge on any atom is 0.217 e. The zero-order valence-corrected chi connectivity index (χ0v) is 14.9. The number of nitrogens with one attached hydrogen (secondary N) is 2. The Morgan fingerprint density at radius 2 is 1.63 bits per heavy atom. The van der Waals surface area contributed by atoms with Crippen molar-refractivity contribution < 1.29 is 49.3 Å². The fourth-order valence-corrected chi connectivity index (χ4v) is 3.04. The molecule has 2 amide bonds. The second-order valence-electron chi connectivity index (χ2n) is 6.53. The summed E-state index contributed by atoms with van der Waals surface area (Å²) < 4.78 is 16.1. The van der Waals surface area contributed by atoms with Gasteiger partial charge < -0.3 is 50.4 Å². The second kappa shape index (κ2) is 9.21. The summed E-state index contributed by atoms with van der Waals surface area (Å²) in [5.41, 5.74) is 0. The molecule has 12 heteroatoms. The average molecular weight is 394 g/mol. The number of aliphatic hydroxyl groups is 5. The van der Waals surface area contributed by atoms with Crippen molar-refractivity contribution in [3.63, 3.8) is 0 Å². The molecule has 0 radical (unpaired) electrons. The normalized spacial score (nSPS) is 42.0. The first kappa shape index (κ1) is 21.9. The van der Waals surface area contributed by atoms with Crippen molar-refractivity contribution in [3.8, 4) is 0 Å². The number of carbonyl (C=O) groups is 2. The average Bonchev–Trinajstić information content (AvgIpc) is 2.87. The molecule has 27 heavy (non-hydrogen) atoms. The number of rotatable bonds is 6. The summed E-state index contributed by atoms with van der Waals surface area (Å²) in [6.07, 6.45) is -10.8. The highest BCUT2D eigenvalue weighted by atomic mass is 16.7. The molecule has 0 aromatic heterocycles. The van der Waals surface area contributed by atoms with Crippen molar-refractivity contribution >= 4 is 11.8 Å². The van der Waals surface area contributed by atoms with E-state index in [4.69, 9.17) is 14.2 Å². The van der Waals surface area contributed by atoms with E-state index in [1.807, 2.05) is 0 Å². The monoisotopic (exact) mass is 394 g/mol. The minimum absolute atomic E-state index is 0.143. The molecule has 2 fully saturated rings. The second-order valence-corrected chi connectivity index (χ2v) is 6.53. The molecule has 2 rings (SSSR count). The molecule has 2 saturated heterocycles. The molecule has 12 nitrogen and oxygen atoms in total. The van der Waals surface area contributed by atoms with Gasteiger partial charge in [-0.25, -0.2) is 0 Å². The lowest BCUT2D eigenvalue weighted by Gasteiger charge is -2.43. The molecule has 0 aliphatic carbocycles. The highest BCUT2D eigenvalue weighted by Crippen LogP contribution is 2.28. The summed E-state index contributed by atoms with van der Waals surface area (Å²) >= 11 is 0. The van der Waals surface area contributed by atoms with E-state index in [0.29, 0.717) is 0 Å². The van der Waals surface area contributed by atoms with Gasteiger partial charge in [-0.15, -0.1) is 0 Å². The number of hydrogen-bond acceptors (Lipinski definition) is 10. The number of ether oxygens (including phenoxy) is 3. The van der Waals surface area contributed by atoms with Gasteiger partial charge in [0, 0.05) is 20.4 Å². The minimum Gasteiger partial charge on any atom is -0.394 e. The molecule has 156 valence electrons. The van der Waals surface area contributed by atoms with Gasteiger partial charge in [0.2, 0.25) is 11.8 Å². The van der Waals surface area contributed by atoms with Crippen LogP contribution in [0.15, 0.2) is 0 Å². The van der Waals surface area contributed by atoms with Crippen LogP contribution in [-0.4, -0.2) is 106 Å². The Hall–Kier alpha value is -1.38. The summed E-state index contributed by atoms with van der Waals surface area (Å²) in [4.78, 5) is 22.6. The first-order valence-electron chi connectivity index (χ1n) is 8.46. The van der Waals surface area contributed by atoms with Crippen molar-refractivity contribution in [3.05, 3.63) is 0 Å². The van der Waals surface area contributed by atoms with Crippen LogP contribution in [0, 0.1) is 0 Å². The van der Waals surface area contributed by atoms with E-state index >= 15 is 0 Å². The molecule has 0 aromatic rings. The van der Waals surface area contributed by atoms with Crippen LogP contribution in [-0.2, 0) is 23.8 Å². The van der Waals surface area contributed by atoms with Gasteiger partial charge in [-0.1, -0.05) is 0 Å². The molecule has 0 spiro atoms. The molecular formula is C15H26N2O10. The SMILES string of the molecule is CC(=O)NC[C@@H]1O[C@H](O[C@H]2[C@@H](O)[C@H](O)O[C@@H]2CO)[C@H](NC(C)=O)[C@@H](O)[C@@H]1O.